The number of fused-ring (bicyclic) bond motifs is 1. The van der Waals surface area contributed by atoms with Gasteiger partial charge in [0.15, 0.2) is 0 Å². The van der Waals surface area contributed by atoms with Gasteiger partial charge < -0.3 is 15.0 Å². The minimum absolute atomic E-state index is 0.0129. The summed E-state index contributed by atoms with van der Waals surface area (Å²) in [5.74, 6) is 0.785. The molecule has 0 amide bonds. The van der Waals surface area contributed by atoms with E-state index in [1.807, 2.05) is 37.4 Å². The van der Waals surface area contributed by atoms with Crippen molar-refractivity contribution in [3.05, 3.63) is 63.1 Å². The first-order chi connectivity index (χ1) is 10.1. The maximum Gasteiger partial charge on any atom is 0.255 e. The van der Waals surface area contributed by atoms with Crippen molar-refractivity contribution in [1.82, 2.24) is 4.57 Å². The molecule has 3 rings (SSSR count). The molecule has 110 valence electrons. The summed E-state index contributed by atoms with van der Waals surface area (Å²) in [6.07, 6.45) is 3.13. The molecule has 1 unspecified atom stereocenters. The summed E-state index contributed by atoms with van der Waals surface area (Å²) in [5.41, 5.74) is 10.3. The van der Waals surface area contributed by atoms with Gasteiger partial charge >= 0.3 is 0 Å². The molecule has 0 aliphatic heterocycles. The van der Waals surface area contributed by atoms with Gasteiger partial charge in [-0.05, 0) is 48.6 Å². The third-order valence-corrected chi connectivity index (χ3v) is 4.33. The molecule has 2 N–H and O–H groups in total. The fourth-order valence-electron chi connectivity index (χ4n) is 3.07. The highest BCUT2D eigenvalue weighted by molar-refractivity contribution is 5.38. The normalized spacial score (nSPS) is 14.8. The molecule has 1 atom stereocenters. The number of nitrogens with zero attached hydrogens (tertiary/aromatic N) is 1. The zero-order valence-electron chi connectivity index (χ0n) is 12.4. The first kappa shape index (κ1) is 13.9. The van der Waals surface area contributed by atoms with E-state index in [0.717, 1.165) is 36.3 Å². The molecule has 0 saturated heterocycles. The highest BCUT2D eigenvalue weighted by Crippen LogP contribution is 2.25. The van der Waals surface area contributed by atoms with E-state index in [1.54, 1.807) is 11.7 Å². The molecule has 1 aliphatic rings. The number of pyridine rings is 1. The lowest BCUT2D eigenvalue weighted by Gasteiger charge is -2.16. The third-order valence-electron chi connectivity index (χ3n) is 4.33. The van der Waals surface area contributed by atoms with Crippen LogP contribution in [-0.2, 0) is 19.9 Å². The number of ether oxygens (including phenoxy) is 1. The molecule has 0 saturated carbocycles. The van der Waals surface area contributed by atoms with Gasteiger partial charge in [-0.2, -0.15) is 0 Å². The van der Waals surface area contributed by atoms with E-state index in [2.05, 4.69) is 0 Å². The minimum atomic E-state index is -0.402. The molecule has 0 radical (unpaired) electrons. The number of methoxy groups -OCH3 is 1. The summed E-state index contributed by atoms with van der Waals surface area (Å²) in [4.78, 5) is 12.5. The second-order valence-corrected chi connectivity index (χ2v) is 5.54. The Morgan fingerprint density at radius 1 is 1.24 bits per heavy atom. The molecule has 0 spiro atoms. The molecule has 2 aromatic rings. The number of rotatable bonds is 3. The lowest BCUT2D eigenvalue weighted by molar-refractivity contribution is 0.414. The molecule has 1 aromatic carbocycles. The van der Waals surface area contributed by atoms with E-state index in [4.69, 9.17) is 10.5 Å². The van der Waals surface area contributed by atoms with E-state index in [1.165, 1.54) is 5.56 Å². The number of aryl methyl sites for hydroxylation is 1. The van der Waals surface area contributed by atoms with Crippen molar-refractivity contribution >= 4 is 0 Å². The zero-order valence-corrected chi connectivity index (χ0v) is 12.4. The van der Waals surface area contributed by atoms with Crippen LogP contribution in [0, 0.1) is 0 Å². The lowest BCUT2D eigenvalue weighted by atomic mass is 9.98. The van der Waals surface area contributed by atoms with Crippen LogP contribution in [0.25, 0.3) is 0 Å². The summed E-state index contributed by atoms with van der Waals surface area (Å²) >= 11 is 0. The van der Waals surface area contributed by atoms with Crippen LogP contribution in [0.1, 0.15) is 34.8 Å². The standard InChI is InChI=1S/C17H20N2O2/c1-19-15-5-3-4-12(15)10-14(17(19)20)16(18)11-6-8-13(21-2)9-7-11/h6-10,16H,3-5,18H2,1-2H3. The second-order valence-electron chi connectivity index (χ2n) is 5.54. The largest absolute Gasteiger partial charge is 0.497 e. The molecular weight excluding hydrogens is 264 g/mol. The minimum Gasteiger partial charge on any atom is -0.497 e. The van der Waals surface area contributed by atoms with Crippen molar-refractivity contribution in [3.8, 4) is 5.75 Å². The van der Waals surface area contributed by atoms with Crippen LogP contribution in [0.15, 0.2) is 35.1 Å². The summed E-state index contributed by atoms with van der Waals surface area (Å²) in [6, 6.07) is 9.16. The number of benzene rings is 1. The van der Waals surface area contributed by atoms with Gasteiger partial charge in [0.05, 0.1) is 13.2 Å². The van der Waals surface area contributed by atoms with Gasteiger partial charge in [0.1, 0.15) is 5.75 Å². The predicted octanol–water partition coefficient (Wildman–Crippen LogP) is 1.93. The zero-order chi connectivity index (χ0) is 15.0. The van der Waals surface area contributed by atoms with Gasteiger partial charge in [0.2, 0.25) is 0 Å². The summed E-state index contributed by atoms with van der Waals surface area (Å²) in [5, 5.41) is 0. The van der Waals surface area contributed by atoms with Gasteiger partial charge in [-0.15, -0.1) is 0 Å². The topological polar surface area (TPSA) is 57.2 Å². The van der Waals surface area contributed by atoms with Crippen molar-refractivity contribution < 1.29 is 4.74 Å². The van der Waals surface area contributed by atoms with Gasteiger partial charge in [0.25, 0.3) is 5.56 Å². The monoisotopic (exact) mass is 284 g/mol. The number of nitrogens with two attached hydrogens (primary N) is 1. The molecule has 4 heteroatoms. The Morgan fingerprint density at radius 3 is 2.62 bits per heavy atom. The molecule has 1 aliphatic carbocycles. The third kappa shape index (κ3) is 2.36. The molecular formula is C17H20N2O2. The average Bonchev–Trinajstić information content (AvgIpc) is 2.99. The molecule has 0 bridgehead atoms. The Kier molecular flexibility index (Phi) is 3.55. The van der Waals surface area contributed by atoms with Crippen LogP contribution in [0.5, 0.6) is 5.75 Å². The second kappa shape index (κ2) is 5.37. The van der Waals surface area contributed by atoms with Gasteiger partial charge in [-0.25, -0.2) is 0 Å². The highest BCUT2D eigenvalue weighted by Gasteiger charge is 2.21. The van der Waals surface area contributed by atoms with E-state index in [0.29, 0.717) is 5.56 Å². The smallest absolute Gasteiger partial charge is 0.255 e. The highest BCUT2D eigenvalue weighted by atomic mass is 16.5. The molecule has 21 heavy (non-hydrogen) atoms. The van der Waals surface area contributed by atoms with Gasteiger partial charge in [-0.1, -0.05) is 12.1 Å². The summed E-state index contributed by atoms with van der Waals surface area (Å²) < 4.78 is 6.92. The molecule has 1 aromatic heterocycles. The van der Waals surface area contributed by atoms with Crippen LogP contribution in [0.4, 0.5) is 0 Å². The van der Waals surface area contributed by atoms with Crippen LogP contribution < -0.4 is 16.0 Å². The van der Waals surface area contributed by atoms with Crippen LogP contribution in [0.3, 0.4) is 0 Å². The Balaban J connectivity index is 2.03. The molecule has 0 fully saturated rings. The average molecular weight is 284 g/mol. The first-order valence-corrected chi connectivity index (χ1v) is 7.23. The van der Waals surface area contributed by atoms with Crippen LogP contribution in [-0.4, -0.2) is 11.7 Å². The van der Waals surface area contributed by atoms with Crippen molar-refractivity contribution in [1.29, 1.82) is 0 Å². The predicted molar refractivity (Wildman–Crippen MR) is 82.7 cm³/mol. The number of hydrogen-bond acceptors (Lipinski definition) is 3. The van der Waals surface area contributed by atoms with Crippen molar-refractivity contribution in [2.75, 3.05) is 7.11 Å². The fraction of sp³-hybridized carbons (Fsp3) is 0.353. The Hall–Kier alpha value is -2.07. The van der Waals surface area contributed by atoms with E-state index in [-0.39, 0.29) is 5.56 Å². The van der Waals surface area contributed by atoms with Crippen molar-refractivity contribution in [2.45, 2.75) is 25.3 Å². The Morgan fingerprint density at radius 2 is 1.95 bits per heavy atom. The van der Waals surface area contributed by atoms with Gasteiger partial charge in [-0.3, -0.25) is 4.79 Å². The van der Waals surface area contributed by atoms with Crippen molar-refractivity contribution in [3.63, 3.8) is 0 Å². The van der Waals surface area contributed by atoms with E-state index < -0.39 is 6.04 Å². The molecule has 4 nitrogen and oxygen atoms in total. The van der Waals surface area contributed by atoms with Gasteiger partial charge in [0, 0.05) is 18.3 Å². The Bertz CT molecular complexity index is 717. The van der Waals surface area contributed by atoms with E-state index >= 15 is 0 Å². The maximum absolute atomic E-state index is 12.5. The van der Waals surface area contributed by atoms with Crippen molar-refractivity contribution in [2.24, 2.45) is 12.8 Å². The fourth-order valence-corrected chi connectivity index (χ4v) is 3.07. The molecule has 1 heterocycles. The number of hydrogen-bond donors (Lipinski definition) is 1. The lowest BCUT2D eigenvalue weighted by Crippen LogP contribution is -2.29. The van der Waals surface area contributed by atoms with Crippen LogP contribution >= 0.6 is 0 Å². The summed E-state index contributed by atoms with van der Waals surface area (Å²) in [6.45, 7) is 0. The SMILES string of the molecule is COc1ccc(C(N)c2cc3c(n(C)c2=O)CCC3)cc1. The first-order valence-electron chi connectivity index (χ1n) is 7.23. The Labute approximate surface area is 124 Å². The van der Waals surface area contributed by atoms with E-state index in [9.17, 15) is 4.79 Å². The van der Waals surface area contributed by atoms with Crippen LogP contribution in [0.2, 0.25) is 0 Å². The summed E-state index contributed by atoms with van der Waals surface area (Å²) in [7, 11) is 3.47. The quantitative estimate of drug-likeness (QED) is 0.937. The maximum atomic E-state index is 12.5. The number of aromatic nitrogens is 1.